The fourth-order valence-corrected chi connectivity index (χ4v) is 1.47. The molecular formula is C10H19ClN2O2. The molecule has 5 heteroatoms. The SMILES string of the molecule is COCCN(CC(Cl)C#N)C(C)COC. The molecule has 2 unspecified atom stereocenters. The minimum absolute atomic E-state index is 0.236. The van der Waals surface area contributed by atoms with Crippen LogP contribution in [0.15, 0.2) is 0 Å². The van der Waals surface area contributed by atoms with Crippen molar-refractivity contribution in [1.82, 2.24) is 4.90 Å². The summed E-state index contributed by atoms with van der Waals surface area (Å²) < 4.78 is 10.1. The Morgan fingerprint density at radius 3 is 2.53 bits per heavy atom. The lowest BCUT2D eigenvalue weighted by Gasteiger charge is -2.28. The van der Waals surface area contributed by atoms with Crippen molar-refractivity contribution in [3.63, 3.8) is 0 Å². The Balaban J connectivity index is 4.11. The Morgan fingerprint density at radius 1 is 1.40 bits per heavy atom. The maximum Gasteiger partial charge on any atom is 0.133 e. The number of hydrogen-bond acceptors (Lipinski definition) is 4. The highest BCUT2D eigenvalue weighted by molar-refractivity contribution is 6.22. The van der Waals surface area contributed by atoms with E-state index in [1.165, 1.54) is 0 Å². The second-order valence-corrected chi connectivity index (χ2v) is 3.92. The average Bonchev–Trinajstić information content (AvgIpc) is 2.24. The molecule has 0 radical (unpaired) electrons. The van der Waals surface area contributed by atoms with Gasteiger partial charge in [0.15, 0.2) is 0 Å². The van der Waals surface area contributed by atoms with E-state index in [2.05, 4.69) is 4.90 Å². The minimum atomic E-state index is -0.485. The van der Waals surface area contributed by atoms with Crippen molar-refractivity contribution in [3.8, 4) is 6.07 Å². The standard InChI is InChI=1S/C10H19ClN2O2/c1-9(8-15-3)13(4-5-14-2)7-10(11)6-12/h9-10H,4-5,7-8H2,1-3H3. The Hall–Kier alpha value is -0.340. The van der Waals surface area contributed by atoms with Crippen LogP contribution in [0.2, 0.25) is 0 Å². The molecule has 0 aliphatic heterocycles. The molecule has 15 heavy (non-hydrogen) atoms. The zero-order chi connectivity index (χ0) is 11.7. The molecule has 0 saturated carbocycles. The van der Waals surface area contributed by atoms with Crippen molar-refractivity contribution in [1.29, 1.82) is 5.26 Å². The summed E-state index contributed by atoms with van der Waals surface area (Å²) in [6.45, 7) is 4.58. The maximum absolute atomic E-state index is 8.65. The number of ether oxygens (including phenoxy) is 2. The molecule has 2 atom stereocenters. The van der Waals surface area contributed by atoms with Crippen molar-refractivity contribution in [2.24, 2.45) is 0 Å². The Bertz CT molecular complexity index is 196. The molecule has 0 saturated heterocycles. The van der Waals surface area contributed by atoms with Gasteiger partial charge in [0, 0.05) is 33.4 Å². The molecule has 0 spiro atoms. The number of rotatable bonds is 8. The summed E-state index contributed by atoms with van der Waals surface area (Å²) in [6, 6.07) is 2.25. The van der Waals surface area contributed by atoms with Gasteiger partial charge in [-0.1, -0.05) is 0 Å². The van der Waals surface area contributed by atoms with Gasteiger partial charge in [-0.3, -0.25) is 4.90 Å². The molecule has 0 N–H and O–H groups in total. The van der Waals surface area contributed by atoms with Gasteiger partial charge in [-0.2, -0.15) is 5.26 Å². The van der Waals surface area contributed by atoms with Crippen LogP contribution in [0.1, 0.15) is 6.92 Å². The van der Waals surface area contributed by atoms with Crippen LogP contribution in [-0.4, -0.2) is 56.8 Å². The van der Waals surface area contributed by atoms with Crippen LogP contribution >= 0.6 is 11.6 Å². The highest BCUT2D eigenvalue weighted by atomic mass is 35.5. The molecule has 0 fully saturated rings. The van der Waals surface area contributed by atoms with E-state index in [1.807, 2.05) is 13.0 Å². The predicted octanol–water partition coefficient (Wildman–Crippen LogP) is 1.10. The van der Waals surface area contributed by atoms with E-state index in [0.29, 0.717) is 19.8 Å². The third-order valence-corrected chi connectivity index (χ3v) is 2.38. The smallest absolute Gasteiger partial charge is 0.133 e. The van der Waals surface area contributed by atoms with Crippen LogP contribution in [0, 0.1) is 11.3 Å². The fraction of sp³-hybridized carbons (Fsp3) is 0.900. The molecule has 0 aliphatic carbocycles. The highest BCUT2D eigenvalue weighted by Crippen LogP contribution is 2.04. The van der Waals surface area contributed by atoms with Gasteiger partial charge in [-0.25, -0.2) is 0 Å². The molecule has 0 heterocycles. The van der Waals surface area contributed by atoms with E-state index in [4.69, 9.17) is 26.3 Å². The Kier molecular flexibility index (Phi) is 8.73. The normalized spacial score (nSPS) is 14.9. The van der Waals surface area contributed by atoms with Gasteiger partial charge >= 0.3 is 0 Å². The molecule has 88 valence electrons. The van der Waals surface area contributed by atoms with Crippen LogP contribution in [0.25, 0.3) is 0 Å². The van der Waals surface area contributed by atoms with E-state index in [1.54, 1.807) is 14.2 Å². The zero-order valence-electron chi connectivity index (χ0n) is 9.57. The van der Waals surface area contributed by atoms with Gasteiger partial charge in [-0.15, -0.1) is 11.6 Å². The first-order chi connectivity index (χ1) is 7.15. The molecule has 0 aliphatic rings. The summed E-state index contributed by atoms with van der Waals surface area (Å²) in [7, 11) is 3.31. The topological polar surface area (TPSA) is 45.5 Å². The second kappa shape index (κ2) is 8.93. The molecule has 4 nitrogen and oxygen atoms in total. The molecule has 0 amide bonds. The highest BCUT2D eigenvalue weighted by Gasteiger charge is 2.16. The first kappa shape index (κ1) is 14.7. The van der Waals surface area contributed by atoms with E-state index < -0.39 is 5.38 Å². The van der Waals surface area contributed by atoms with Crippen LogP contribution in [0.5, 0.6) is 0 Å². The zero-order valence-corrected chi connectivity index (χ0v) is 10.3. The third kappa shape index (κ3) is 6.69. The van der Waals surface area contributed by atoms with Crippen LogP contribution < -0.4 is 0 Å². The van der Waals surface area contributed by atoms with Crippen molar-refractivity contribution in [2.45, 2.75) is 18.3 Å². The maximum atomic E-state index is 8.65. The van der Waals surface area contributed by atoms with Gasteiger partial charge in [0.1, 0.15) is 5.38 Å². The molecule has 0 aromatic heterocycles. The number of alkyl halides is 1. The third-order valence-electron chi connectivity index (χ3n) is 2.15. The molecule has 0 rings (SSSR count). The average molecular weight is 235 g/mol. The number of halogens is 1. The van der Waals surface area contributed by atoms with Gasteiger partial charge in [0.25, 0.3) is 0 Å². The Morgan fingerprint density at radius 2 is 2.07 bits per heavy atom. The largest absolute Gasteiger partial charge is 0.383 e. The van der Waals surface area contributed by atoms with E-state index in [0.717, 1.165) is 6.54 Å². The lowest BCUT2D eigenvalue weighted by atomic mass is 10.2. The minimum Gasteiger partial charge on any atom is -0.383 e. The van der Waals surface area contributed by atoms with Crippen molar-refractivity contribution in [3.05, 3.63) is 0 Å². The summed E-state index contributed by atoms with van der Waals surface area (Å²) in [4.78, 5) is 2.09. The lowest BCUT2D eigenvalue weighted by Crippen LogP contribution is -2.41. The van der Waals surface area contributed by atoms with Crippen molar-refractivity contribution >= 4 is 11.6 Å². The number of nitriles is 1. The lowest BCUT2D eigenvalue weighted by molar-refractivity contribution is 0.0770. The quantitative estimate of drug-likeness (QED) is 0.590. The molecule has 0 aromatic carbocycles. The van der Waals surface area contributed by atoms with Crippen LogP contribution in [-0.2, 0) is 9.47 Å². The monoisotopic (exact) mass is 234 g/mol. The van der Waals surface area contributed by atoms with Gasteiger partial charge in [0.05, 0.1) is 19.3 Å². The summed E-state index contributed by atoms with van der Waals surface area (Å²) in [5.41, 5.74) is 0. The van der Waals surface area contributed by atoms with Crippen molar-refractivity contribution in [2.75, 3.05) is 40.5 Å². The summed E-state index contributed by atoms with van der Waals surface area (Å²) >= 11 is 5.80. The van der Waals surface area contributed by atoms with Gasteiger partial charge in [0.2, 0.25) is 0 Å². The first-order valence-corrected chi connectivity index (χ1v) is 5.35. The summed E-state index contributed by atoms with van der Waals surface area (Å²) in [5.74, 6) is 0. The summed E-state index contributed by atoms with van der Waals surface area (Å²) in [5, 5.41) is 8.16. The van der Waals surface area contributed by atoms with E-state index >= 15 is 0 Å². The number of nitrogens with zero attached hydrogens (tertiary/aromatic N) is 2. The van der Waals surface area contributed by atoms with E-state index in [-0.39, 0.29) is 6.04 Å². The first-order valence-electron chi connectivity index (χ1n) is 4.91. The predicted molar refractivity (Wildman–Crippen MR) is 60.0 cm³/mol. The molecule has 0 aromatic rings. The number of methoxy groups -OCH3 is 2. The Labute approximate surface area is 96.7 Å². The molecular weight excluding hydrogens is 216 g/mol. The van der Waals surface area contributed by atoms with Crippen LogP contribution in [0.3, 0.4) is 0 Å². The fourth-order valence-electron chi connectivity index (χ4n) is 1.29. The van der Waals surface area contributed by atoms with Gasteiger partial charge in [-0.05, 0) is 6.92 Å². The van der Waals surface area contributed by atoms with Gasteiger partial charge < -0.3 is 9.47 Å². The summed E-state index contributed by atoms with van der Waals surface area (Å²) in [6.07, 6.45) is 0. The van der Waals surface area contributed by atoms with Crippen molar-refractivity contribution < 1.29 is 9.47 Å². The van der Waals surface area contributed by atoms with Crippen LogP contribution in [0.4, 0.5) is 0 Å². The second-order valence-electron chi connectivity index (χ2n) is 3.39. The molecule has 0 bridgehead atoms. The number of hydrogen-bond donors (Lipinski definition) is 0. The van der Waals surface area contributed by atoms with E-state index in [9.17, 15) is 0 Å².